The highest BCUT2D eigenvalue weighted by molar-refractivity contribution is 5.29. The van der Waals surface area contributed by atoms with E-state index in [1.807, 2.05) is 29.9 Å². The molecule has 2 N–H and O–H groups in total. The van der Waals surface area contributed by atoms with Gasteiger partial charge in [-0.05, 0) is 31.5 Å². The Morgan fingerprint density at radius 3 is 2.67 bits per heavy atom. The number of hydrogen-bond donors (Lipinski definition) is 2. The summed E-state index contributed by atoms with van der Waals surface area (Å²) in [6.07, 6.45) is 3.74. The number of aryl methyl sites for hydroxylation is 1. The number of nitrogens with one attached hydrogen (secondary N) is 1. The van der Waals surface area contributed by atoms with Gasteiger partial charge in [0.05, 0.1) is 6.04 Å². The lowest BCUT2D eigenvalue weighted by molar-refractivity contribution is 0.456. The van der Waals surface area contributed by atoms with Crippen molar-refractivity contribution in [1.82, 2.24) is 14.9 Å². The molecule has 0 fully saturated rings. The maximum atomic E-state index is 9.48. The van der Waals surface area contributed by atoms with Crippen molar-refractivity contribution in [1.29, 1.82) is 0 Å². The molecule has 2 aromatic rings. The predicted molar refractivity (Wildman–Crippen MR) is 71.3 cm³/mol. The SMILES string of the molecule is CC(NC(C)c1nccn1C)c1cccc(O)c1. The van der Waals surface area contributed by atoms with E-state index in [1.165, 1.54) is 0 Å². The Hall–Kier alpha value is -1.81. The molecule has 0 saturated heterocycles. The first-order chi connectivity index (χ1) is 8.58. The summed E-state index contributed by atoms with van der Waals surface area (Å²) in [6.45, 7) is 4.16. The summed E-state index contributed by atoms with van der Waals surface area (Å²) in [5.74, 6) is 1.30. The zero-order chi connectivity index (χ0) is 13.1. The van der Waals surface area contributed by atoms with Crippen LogP contribution in [0.3, 0.4) is 0 Å². The highest BCUT2D eigenvalue weighted by Crippen LogP contribution is 2.21. The molecule has 18 heavy (non-hydrogen) atoms. The number of rotatable bonds is 4. The quantitative estimate of drug-likeness (QED) is 0.870. The number of benzene rings is 1. The molecule has 1 aromatic carbocycles. The Labute approximate surface area is 107 Å². The van der Waals surface area contributed by atoms with Crippen LogP contribution in [0.25, 0.3) is 0 Å². The molecule has 4 heteroatoms. The monoisotopic (exact) mass is 245 g/mol. The summed E-state index contributed by atoms with van der Waals surface area (Å²) in [5, 5.41) is 13.0. The van der Waals surface area contributed by atoms with Crippen LogP contribution in [0.5, 0.6) is 5.75 Å². The second-order valence-electron chi connectivity index (χ2n) is 4.60. The third-order valence-corrected chi connectivity index (χ3v) is 3.12. The number of imidazole rings is 1. The molecule has 4 nitrogen and oxygen atoms in total. The van der Waals surface area contributed by atoms with Crippen molar-refractivity contribution >= 4 is 0 Å². The van der Waals surface area contributed by atoms with E-state index in [0.29, 0.717) is 5.75 Å². The van der Waals surface area contributed by atoms with Crippen LogP contribution < -0.4 is 5.32 Å². The molecular formula is C14H19N3O. The Morgan fingerprint density at radius 1 is 1.28 bits per heavy atom. The van der Waals surface area contributed by atoms with Gasteiger partial charge in [-0.2, -0.15) is 0 Å². The van der Waals surface area contributed by atoms with Crippen molar-refractivity contribution in [2.24, 2.45) is 7.05 Å². The fourth-order valence-corrected chi connectivity index (χ4v) is 2.13. The van der Waals surface area contributed by atoms with Crippen LogP contribution in [0.1, 0.15) is 37.3 Å². The summed E-state index contributed by atoms with van der Waals surface area (Å²) in [5.41, 5.74) is 1.07. The van der Waals surface area contributed by atoms with E-state index in [4.69, 9.17) is 0 Å². The summed E-state index contributed by atoms with van der Waals surface area (Å²) in [4.78, 5) is 4.33. The Bertz CT molecular complexity index is 521. The minimum Gasteiger partial charge on any atom is -0.508 e. The van der Waals surface area contributed by atoms with Crippen molar-refractivity contribution in [3.8, 4) is 5.75 Å². The average molecular weight is 245 g/mol. The van der Waals surface area contributed by atoms with Gasteiger partial charge in [0.1, 0.15) is 11.6 Å². The maximum absolute atomic E-state index is 9.48. The van der Waals surface area contributed by atoms with Crippen LogP contribution in [-0.2, 0) is 7.05 Å². The Balaban J connectivity index is 2.08. The van der Waals surface area contributed by atoms with Crippen molar-refractivity contribution in [2.75, 3.05) is 0 Å². The van der Waals surface area contributed by atoms with Gasteiger partial charge >= 0.3 is 0 Å². The van der Waals surface area contributed by atoms with Crippen molar-refractivity contribution < 1.29 is 5.11 Å². The van der Waals surface area contributed by atoms with Gasteiger partial charge in [-0.25, -0.2) is 4.98 Å². The van der Waals surface area contributed by atoms with Gasteiger partial charge in [-0.1, -0.05) is 12.1 Å². The maximum Gasteiger partial charge on any atom is 0.125 e. The number of nitrogens with zero attached hydrogens (tertiary/aromatic N) is 2. The van der Waals surface area contributed by atoms with Gasteiger partial charge in [0.2, 0.25) is 0 Å². The number of aromatic hydroxyl groups is 1. The molecule has 2 rings (SSSR count). The van der Waals surface area contributed by atoms with Crippen LogP contribution >= 0.6 is 0 Å². The third-order valence-electron chi connectivity index (χ3n) is 3.12. The molecule has 96 valence electrons. The molecule has 0 radical (unpaired) electrons. The number of phenolic OH excluding ortho intramolecular Hbond substituents is 1. The van der Waals surface area contributed by atoms with E-state index in [9.17, 15) is 5.11 Å². The van der Waals surface area contributed by atoms with Gasteiger partial charge in [-0.15, -0.1) is 0 Å². The number of aromatic nitrogens is 2. The summed E-state index contributed by atoms with van der Waals surface area (Å²) >= 11 is 0. The fraction of sp³-hybridized carbons (Fsp3) is 0.357. The van der Waals surface area contributed by atoms with Gasteiger partial charge in [-0.3, -0.25) is 0 Å². The third kappa shape index (κ3) is 2.71. The van der Waals surface area contributed by atoms with Crippen molar-refractivity contribution in [3.05, 3.63) is 48.0 Å². The zero-order valence-corrected chi connectivity index (χ0v) is 11.0. The Morgan fingerprint density at radius 2 is 2.06 bits per heavy atom. The van der Waals surface area contributed by atoms with E-state index < -0.39 is 0 Å². The lowest BCUT2D eigenvalue weighted by Gasteiger charge is -2.20. The Kier molecular flexibility index (Phi) is 3.67. The van der Waals surface area contributed by atoms with Crippen molar-refractivity contribution in [2.45, 2.75) is 25.9 Å². The highest BCUT2D eigenvalue weighted by atomic mass is 16.3. The second-order valence-corrected chi connectivity index (χ2v) is 4.60. The van der Waals surface area contributed by atoms with Crippen LogP contribution in [0.4, 0.5) is 0 Å². The number of phenols is 1. The second kappa shape index (κ2) is 5.23. The van der Waals surface area contributed by atoms with Gasteiger partial charge in [0, 0.05) is 25.5 Å². The fourth-order valence-electron chi connectivity index (χ4n) is 2.13. The molecule has 0 aliphatic heterocycles. The molecule has 0 amide bonds. The van der Waals surface area contributed by atoms with E-state index >= 15 is 0 Å². The molecule has 1 heterocycles. The predicted octanol–water partition coefficient (Wildman–Crippen LogP) is 2.54. The highest BCUT2D eigenvalue weighted by Gasteiger charge is 2.14. The molecule has 0 spiro atoms. The van der Waals surface area contributed by atoms with Gasteiger partial charge in [0.15, 0.2) is 0 Å². The largest absolute Gasteiger partial charge is 0.508 e. The van der Waals surface area contributed by atoms with Gasteiger partial charge < -0.3 is 15.0 Å². The standard InChI is InChI=1S/C14H19N3O/c1-10(12-5-4-6-13(18)9-12)16-11(2)14-15-7-8-17(14)3/h4-11,16,18H,1-3H3. The first-order valence-corrected chi connectivity index (χ1v) is 6.10. The number of hydrogen-bond acceptors (Lipinski definition) is 3. The van der Waals surface area contributed by atoms with E-state index in [-0.39, 0.29) is 12.1 Å². The summed E-state index contributed by atoms with van der Waals surface area (Å²) < 4.78 is 2.01. The van der Waals surface area contributed by atoms with E-state index in [0.717, 1.165) is 11.4 Å². The molecular weight excluding hydrogens is 226 g/mol. The normalized spacial score (nSPS) is 14.4. The molecule has 0 aliphatic carbocycles. The topological polar surface area (TPSA) is 50.1 Å². The van der Waals surface area contributed by atoms with E-state index in [2.05, 4.69) is 24.1 Å². The first-order valence-electron chi connectivity index (χ1n) is 6.10. The lowest BCUT2D eigenvalue weighted by atomic mass is 10.1. The molecule has 0 saturated carbocycles. The minimum atomic E-state index is 0.155. The molecule has 0 aliphatic rings. The minimum absolute atomic E-state index is 0.155. The van der Waals surface area contributed by atoms with E-state index in [1.54, 1.807) is 18.3 Å². The van der Waals surface area contributed by atoms with Crippen LogP contribution in [0, 0.1) is 0 Å². The van der Waals surface area contributed by atoms with Crippen LogP contribution in [0.15, 0.2) is 36.7 Å². The van der Waals surface area contributed by atoms with Gasteiger partial charge in [0.25, 0.3) is 0 Å². The van der Waals surface area contributed by atoms with Crippen molar-refractivity contribution in [3.63, 3.8) is 0 Å². The smallest absolute Gasteiger partial charge is 0.125 e. The summed E-state index contributed by atoms with van der Waals surface area (Å²) in [7, 11) is 1.99. The van der Waals surface area contributed by atoms with Crippen LogP contribution in [0.2, 0.25) is 0 Å². The molecule has 2 atom stereocenters. The molecule has 0 bridgehead atoms. The zero-order valence-electron chi connectivity index (χ0n) is 11.0. The first kappa shape index (κ1) is 12.6. The molecule has 1 aromatic heterocycles. The molecule has 2 unspecified atom stereocenters. The summed E-state index contributed by atoms with van der Waals surface area (Å²) in [6, 6.07) is 7.63. The average Bonchev–Trinajstić information content (AvgIpc) is 2.75. The lowest BCUT2D eigenvalue weighted by Crippen LogP contribution is -2.24. The van der Waals surface area contributed by atoms with Crippen LogP contribution in [-0.4, -0.2) is 14.7 Å².